The smallest absolute Gasteiger partial charge is 0.305 e. The van der Waals surface area contributed by atoms with E-state index < -0.39 is 0 Å². The molecule has 0 aromatic carbocycles. The van der Waals surface area contributed by atoms with Crippen molar-refractivity contribution in [3.8, 4) is 0 Å². The lowest BCUT2D eigenvalue weighted by Gasteiger charge is -2.02. The Morgan fingerprint density at radius 1 is 0.737 bits per heavy atom. The summed E-state index contributed by atoms with van der Waals surface area (Å²) in [6, 6.07) is 0. The highest BCUT2D eigenvalue weighted by atomic mass is 16.5. The van der Waals surface area contributed by atoms with Crippen LogP contribution in [0.25, 0.3) is 0 Å². The lowest BCUT2D eigenvalue weighted by molar-refractivity contribution is -0.140. The van der Waals surface area contributed by atoms with E-state index in [-0.39, 0.29) is 5.97 Å². The van der Waals surface area contributed by atoms with Crippen molar-refractivity contribution in [2.45, 2.75) is 84.0 Å². The molecule has 3 nitrogen and oxygen atoms in total. The summed E-state index contributed by atoms with van der Waals surface area (Å²) in [5, 5.41) is 0. The average molecular weight is 270 g/mol. The number of Topliss-reactive ketones (excluding diaryl/α,β-unsaturated/α-hetero) is 1. The highest BCUT2D eigenvalue weighted by Gasteiger charge is 2.02. The second-order valence-corrected chi connectivity index (χ2v) is 5.19. The Kier molecular flexibility index (Phi) is 13.0. The van der Waals surface area contributed by atoms with Crippen LogP contribution in [0.5, 0.6) is 0 Å². The predicted octanol–water partition coefficient (Wildman–Crippen LogP) is 4.43. The van der Waals surface area contributed by atoms with Crippen molar-refractivity contribution < 1.29 is 14.3 Å². The molecular formula is C16H30O3. The van der Waals surface area contributed by atoms with Crippen LogP contribution in [0.3, 0.4) is 0 Å². The maximum atomic E-state index is 11.6. The van der Waals surface area contributed by atoms with Gasteiger partial charge >= 0.3 is 5.97 Å². The summed E-state index contributed by atoms with van der Waals surface area (Å²) < 4.78 is 4.58. The molecule has 0 saturated carbocycles. The number of hydrogen-bond donors (Lipinski definition) is 0. The Balaban J connectivity index is 3.20. The van der Waals surface area contributed by atoms with E-state index in [0.717, 1.165) is 51.4 Å². The maximum Gasteiger partial charge on any atom is 0.305 e. The fourth-order valence-corrected chi connectivity index (χ4v) is 2.10. The van der Waals surface area contributed by atoms with Gasteiger partial charge in [0.1, 0.15) is 5.78 Å². The number of carbonyl (C=O) groups is 2. The van der Waals surface area contributed by atoms with Gasteiger partial charge < -0.3 is 4.74 Å². The van der Waals surface area contributed by atoms with Gasteiger partial charge in [-0.15, -0.1) is 0 Å². The Hall–Kier alpha value is -0.860. The van der Waals surface area contributed by atoms with Crippen LogP contribution in [0.1, 0.15) is 84.0 Å². The topological polar surface area (TPSA) is 43.4 Å². The number of ketones is 1. The first-order valence-electron chi connectivity index (χ1n) is 7.79. The standard InChI is InChI=1S/C16H30O3/c1-3-4-5-9-12-15(17)13-10-7-6-8-11-14-16(18)19-2/h3-14H2,1-2H3. The van der Waals surface area contributed by atoms with Crippen LogP contribution in [-0.2, 0) is 14.3 Å². The van der Waals surface area contributed by atoms with E-state index >= 15 is 0 Å². The van der Waals surface area contributed by atoms with Crippen molar-refractivity contribution in [1.82, 2.24) is 0 Å². The van der Waals surface area contributed by atoms with Crippen LogP contribution >= 0.6 is 0 Å². The molecule has 0 N–H and O–H groups in total. The molecule has 0 fully saturated rings. The molecule has 0 bridgehead atoms. The summed E-state index contributed by atoms with van der Waals surface area (Å²) in [5.74, 6) is 0.299. The van der Waals surface area contributed by atoms with Crippen LogP contribution in [-0.4, -0.2) is 18.9 Å². The van der Waals surface area contributed by atoms with Gasteiger partial charge in [0.25, 0.3) is 0 Å². The molecule has 0 aliphatic heterocycles. The van der Waals surface area contributed by atoms with Gasteiger partial charge in [-0.1, -0.05) is 45.4 Å². The molecule has 0 aromatic rings. The van der Waals surface area contributed by atoms with E-state index in [2.05, 4.69) is 11.7 Å². The summed E-state index contributed by atoms with van der Waals surface area (Å²) >= 11 is 0. The monoisotopic (exact) mass is 270 g/mol. The predicted molar refractivity (Wildman–Crippen MR) is 78.1 cm³/mol. The molecule has 0 aliphatic rings. The zero-order valence-corrected chi connectivity index (χ0v) is 12.7. The number of esters is 1. The molecule has 0 amide bonds. The van der Waals surface area contributed by atoms with E-state index in [0.29, 0.717) is 12.2 Å². The zero-order chi connectivity index (χ0) is 14.3. The number of hydrogen-bond acceptors (Lipinski definition) is 3. The number of rotatable bonds is 13. The van der Waals surface area contributed by atoms with Gasteiger partial charge in [0.05, 0.1) is 7.11 Å². The highest BCUT2D eigenvalue weighted by Crippen LogP contribution is 2.10. The summed E-state index contributed by atoms with van der Waals surface area (Å²) in [4.78, 5) is 22.4. The van der Waals surface area contributed by atoms with Gasteiger partial charge in [0, 0.05) is 19.3 Å². The van der Waals surface area contributed by atoms with Crippen LogP contribution in [0.15, 0.2) is 0 Å². The quantitative estimate of drug-likeness (QED) is 0.367. The van der Waals surface area contributed by atoms with Crippen LogP contribution < -0.4 is 0 Å². The molecule has 0 rings (SSSR count). The molecule has 0 spiro atoms. The minimum Gasteiger partial charge on any atom is -0.469 e. The fraction of sp³-hybridized carbons (Fsp3) is 0.875. The van der Waals surface area contributed by atoms with Crippen LogP contribution in [0, 0.1) is 0 Å². The molecule has 0 radical (unpaired) electrons. The van der Waals surface area contributed by atoms with E-state index in [9.17, 15) is 9.59 Å². The molecule has 19 heavy (non-hydrogen) atoms. The van der Waals surface area contributed by atoms with Crippen LogP contribution in [0.2, 0.25) is 0 Å². The first-order chi connectivity index (χ1) is 9.20. The van der Waals surface area contributed by atoms with E-state index in [1.165, 1.54) is 26.4 Å². The van der Waals surface area contributed by atoms with Crippen LogP contribution in [0.4, 0.5) is 0 Å². The molecule has 0 unspecified atom stereocenters. The van der Waals surface area contributed by atoms with Crippen molar-refractivity contribution in [2.75, 3.05) is 7.11 Å². The normalized spacial score (nSPS) is 10.4. The number of carbonyl (C=O) groups excluding carboxylic acids is 2. The SMILES string of the molecule is CCCCCCC(=O)CCCCCCCC(=O)OC. The average Bonchev–Trinajstić information content (AvgIpc) is 2.42. The summed E-state index contributed by atoms with van der Waals surface area (Å²) in [6.45, 7) is 2.18. The van der Waals surface area contributed by atoms with Gasteiger partial charge in [0.15, 0.2) is 0 Å². The van der Waals surface area contributed by atoms with Crippen molar-refractivity contribution in [1.29, 1.82) is 0 Å². The molecule has 0 atom stereocenters. The molecule has 0 aliphatic carbocycles. The second kappa shape index (κ2) is 13.6. The van der Waals surface area contributed by atoms with Gasteiger partial charge in [-0.25, -0.2) is 0 Å². The lowest BCUT2D eigenvalue weighted by atomic mass is 10.0. The fourth-order valence-electron chi connectivity index (χ4n) is 2.10. The lowest BCUT2D eigenvalue weighted by Crippen LogP contribution is -1.99. The van der Waals surface area contributed by atoms with E-state index in [4.69, 9.17) is 0 Å². The summed E-state index contributed by atoms with van der Waals surface area (Å²) in [6.07, 6.45) is 11.9. The third kappa shape index (κ3) is 13.4. The van der Waals surface area contributed by atoms with Gasteiger partial charge in [-0.2, -0.15) is 0 Å². The minimum atomic E-state index is -0.123. The third-order valence-electron chi connectivity index (χ3n) is 3.37. The first kappa shape index (κ1) is 18.1. The van der Waals surface area contributed by atoms with Crippen molar-refractivity contribution in [2.24, 2.45) is 0 Å². The molecule has 0 saturated heterocycles. The second-order valence-electron chi connectivity index (χ2n) is 5.19. The zero-order valence-electron chi connectivity index (χ0n) is 12.7. The number of methoxy groups -OCH3 is 1. The number of unbranched alkanes of at least 4 members (excludes halogenated alkanes) is 7. The van der Waals surface area contributed by atoms with E-state index in [1.54, 1.807) is 0 Å². The Bertz CT molecular complexity index is 236. The largest absolute Gasteiger partial charge is 0.469 e. The molecule has 112 valence electrons. The van der Waals surface area contributed by atoms with Gasteiger partial charge in [-0.05, 0) is 19.3 Å². The first-order valence-corrected chi connectivity index (χ1v) is 7.79. The van der Waals surface area contributed by atoms with Crippen molar-refractivity contribution in [3.05, 3.63) is 0 Å². The Morgan fingerprint density at radius 2 is 1.21 bits per heavy atom. The molecular weight excluding hydrogens is 240 g/mol. The Labute approximate surface area is 118 Å². The highest BCUT2D eigenvalue weighted by molar-refractivity contribution is 5.78. The van der Waals surface area contributed by atoms with Gasteiger partial charge in [-0.3, -0.25) is 9.59 Å². The van der Waals surface area contributed by atoms with Crippen molar-refractivity contribution >= 4 is 11.8 Å². The van der Waals surface area contributed by atoms with Crippen molar-refractivity contribution in [3.63, 3.8) is 0 Å². The molecule has 3 heteroatoms. The Morgan fingerprint density at radius 3 is 1.74 bits per heavy atom. The van der Waals surface area contributed by atoms with Gasteiger partial charge in [0.2, 0.25) is 0 Å². The molecule has 0 aromatic heterocycles. The summed E-state index contributed by atoms with van der Waals surface area (Å²) in [7, 11) is 1.43. The molecule has 0 heterocycles. The van der Waals surface area contributed by atoms with E-state index in [1.807, 2.05) is 0 Å². The third-order valence-corrected chi connectivity index (χ3v) is 3.37. The number of ether oxygens (including phenoxy) is 1. The minimum absolute atomic E-state index is 0.123. The maximum absolute atomic E-state index is 11.6. The summed E-state index contributed by atoms with van der Waals surface area (Å²) in [5.41, 5.74) is 0.